The van der Waals surface area contributed by atoms with Crippen molar-refractivity contribution in [1.82, 2.24) is 4.98 Å². The Morgan fingerprint density at radius 1 is 1.04 bits per heavy atom. The maximum absolute atomic E-state index is 11.8. The molecule has 1 aromatic heterocycles. The molecule has 0 amide bonds. The lowest BCUT2D eigenvalue weighted by Crippen LogP contribution is -2.04. The number of rotatable bonds is 3. The number of methoxy groups -OCH3 is 3. The Balaban J connectivity index is 2.45. The van der Waals surface area contributed by atoms with Gasteiger partial charge in [0.05, 0.1) is 32.5 Å². The van der Waals surface area contributed by atoms with Crippen molar-refractivity contribution in [2.45, 2.75) is 0 Å². The van der Waals surface area contributed by atoms with E-state index in [2.05, 4.69) is 16.8 Å². The van der Waals surface area contributed by atoms with E-state index in [4.69, 9.17) is 25.8 Å². The van der Waals surface area contributed by atoms with Crippen LogP contribution in [0.4, 0.5) is 0 Å². The third-order valence-corrected chi connectivity index (χ3v) is 3.18. The molecule has 0 aliphatic rings. The molecule has 2 aromatic rings. The van der Waals surface area contributed by atoms with Crippen LogP contribution in [0.2, 0.25) is 5.15 Å². The molecule has 0 radical (unpaired) electrons. The zero-order valence-corrected chi connectivity index (χ0v) is 13.6. The van der Waals surface area contributed by atoms with Crippen molar-refractivity contribution in [1.29, 1.82) is 0 Å². The van der Waals surface area contributed by atoms with E-state index >= 15 is 0 Å². The SMILES string of the molecule is COC(=O)c1cc(Cl)ncc1C#Cc1cc(OC)cc(OC)c1. The van der Waals surface area contributed by atoms with E-state index in [-0.39, 0.29) is 10.7 Å². The van der Waals surface area contributed by atoms with Gasteiger partial charge in [0.1, 0.15) is 16.7 Å². The van der Waals surface area contributed by atoms with Gasteiger partial charge in [0, 0.05) is 17.8 Å². The van der Waals surface area contributed by atoms with Gasteiger partial charge in [0.25, 0.3) is 0 Å². The summed E-state index contributed by atoms with van der Waals surface area (Å²) in [6, 6.07) is 6.69. The molecule has 0 spiro atoms. The maximum Gasteiger partial charge on any atom is 0.339 e. The van der Waals surface area contributed by atoms with Crippen molar-refractivity contribution in [2.75, 3.05) is 21.3 Å². The summed E-state index contributed by atoms with van der Waals surface area (Å²) in [6.07, 6.45) is 1.43. The number of benzene rings is 1. The van der Waals surface area contributed by atoms with Gasteiger partial charge >= 0.3 is 5.97 Å². The van der Waals surface area contributed by atoms with Crippen LogP contribution in [-0.2, 0) is 4.74 Å². The van der Waals surface area contributed by atoms with Gasteiger partial charge in [0.15, 0.2) is 0 Å². The summed E-state index contributed by atoms with van der Waals surface area (Å²) < 4.78 is 15.1. The largest absolute Gasteiger partial charge is 0.497 e. The average Bonchev–Trinajstić information content (AvgIpc) is 2.59. The predicted molar refractivity (Wildman–Crippen MR) is 86.1 cm³/mol. The van der Waals surface area contributed by atoms with Crippen LogP contribution in [-0.4, -0.2) is 32.3 Å². The smallest absolute Gasteiger partial charge is 0.339 e. The van der Waals surface area contributed by atoms with Gasteiger partial charge in [-0.25, -0.2) is 9.78 Å². The van der Waals surface area contributed by atoms with Gasteiger partial charge < -0.3 is 14.2 Å². The lowest BCUT2D eigenvalue weighted by molar-refractivity contribution is 0.0600. The van der Waals surface area contributed by atoms with Crippen LogP contribution in [0.15, 0.2) is 30.5 Å². The number of ether oxygens (including phenoxy) is 3. The summed E-state index contributed by atoms with van der Waals surface area (Å²) in [5.41, 5.74) is 1.35. The fourth-order valence-electron chi connectivity index (χ4n) is 1.83. The first kappa shape index (κ1) is 16.7. The van der Waals surface area contributed by atoms with E-state index in [9.17, 15) is 4.79 Å². The number of pyridine rings is 1. The molecule has 5 nitrogen and oxygen atoms in total. The molecule has 0 atom stereocenters. The first-order valence-electron chi connectivity index (χ1n) is 6.56. The molecule has 23 heavy (non-hydrogen) atoms. The summed E-state index contributed by atoms with van der Waals surface area (Å²) in [6.45, 7) is 0. The maximum atomic E-state index is 11.8. The minimum absolute atomic E-state index is 0.194. The summed E-state index contributed by atoms with van der Waals surface area (Å²) in [4.78, 5) is 15.7. The molecule has 118 valence electrons. The fourth-order valence-corrected chi connectivity index (χ4v) is 1.99. The molecule has 6 heteroatoms. The molecule has 0 saturated heterocycles. The highest BCUT2D eigenvalue weighted by Crippen LogP contribution is 2.22. The normalized spacial score (nSPS) is 9.57. The minimum atomic E-state index is -0.526. The van der Waals surface area contributed by atoms with Crippen molar-refractivity contribution < 1.29 is 19.0 Å². The molecule has 0 aliphatic heterocycles. The first-order valence-corrected chi connectivity index (χ1v) is 6.94. The van der Waals surface area contributed by atoms with Crippen molar-refractivity contribution in [3.05, 3.63) is 52.3 Å². The Hall–Kier alpha value is -2.71. The van der Waals surface area contributed by atoms with E-state index in [1.807, 2.05) is 0 Å². The number of aromatic nitrogens is 1. The topological polar surface area (TPSA) is 57.7 Å². The number of nitrogens with zero attached hydrogens (tertiary/aromatic N) is 1. The molecule has 0 N–H and O–H groups in total. The molecule has 0 saturated carbocycles. The standard InChI is InChI=1S/C17H14ClNO4/c1-21-13-6-11(7-14(8-13)22-2)4-5-12-10-19-16(18)9-15(12)17(20)23-3/h6-10H,1-3H3. The highest BCUT2D eigenvalue weighted by Gasteiger charge is 2.12. The van der Waals surface area contributed by atoms with Crippen molar-refractivity contribution >= 4 is 17.6 Å². The van der Waals surface area contributed by atoms with Gasteiger partial charge in [-0.15, -0.1) is 0 Å². The highest BCUT2D eigenvalue weighted by molar-refractivity contribution is 6.29. The Morgan fingerprint density at radius 2 is 1.70 bits per heavy atom. The molecular weight excluding hydrogens is 318 g/mol. The summed E-state index contributed by atoms with van der Waals surface area (Å²) in [5.74, 6) is 6.56. The molecule has 2 rings (SSSR count). The summed E-state index contributed by atoms with van der Waals surface area (Å²) >= 11 is 5.81. The van der Waals surface area contributed by atoms with E-state index in [1.165, 1.54) is 19.4 Å². The zero-order valence-electron chi connectivity index (χ0n) is 12.8. The van der Waals surface area contributed by atoms with Crippen molar-refractivity contribution in [3.8, 4) is 23.3 Å². The highest BCUT2D eigenvalue weighted by atomic mass is 35.5. The average molecular weight is 332 g/mol. The third kappa shape index (κ3) is 4.15. The van der Waals surface area contributed by atoms with Gasteiger partial charge in [-0.3, -0.25) is 0 Å². The van der Waals surface area contributed by atoms with Gasteiger partial charge in [-0.2, -0.15) is 0 Å². The Labute approximate surface area is 139 Å². The van der Waals surface area contributed by atoms with E-state index in [1.54, 1.807) is 32.4 Å². The summed E-state index contributed by atoms with van der Waals surface area (Å²) in [7, 11) is 4.41. The third-order valence-electron chi connectivity index (χ3n) is 2.97. The zero-order chi connectivity index (χ0) is 16.8. The van der Waals surface area contributed by atoms with Crippen LogP contribution in [0.5, 0.6) is 11.5 Å². The van der Waals surface area contributed by atoms with Gasteiger partial charge in [-0.05, 0) is 18.2 Å². The van der Waals surface area contributed by atoms with Crippen LogP contribution < -0.4 is 9.47 Å². The van der Waals surface area contributed by atoms with E-state index < -0.39 is 5.97 Å². The molecule has 1 heterocycles. The van der Waals surface area contributed by atoms with Gasteiger partial charge in [0.2, 0.25) is 0 Å². The number of hydrogen-bond donors (Lipinski definition) is 0. The molecule has 1 aromatic carbocycles. The number of hydrogen-bond acceptors (Lipinski definition) is 5. The van der Waals surface area contributed by atoms with Crippen LogP contribution in [0, 0.1) is 11.8 Å². The Bertz CT molecular complexity index is 771. The Morgan fingerprint density at radius 3 is 2.26 bits per heavy atom. The molecule has 0 bridgehead atoms. The van der Waals surface area contributed by atoms with E-state index in [0.717, 1.165) is 0 Å². The minimum Gasteiger partial charge on any atom is -0.497 e. The van der Waals surface area contributed by atoms with Crippen LogP contribution >= 0.6 is 11.6 Å². The number of carbonyl (C=O) groups excluding carboxylic acids is 1. The second-order valence-electron chi connectivity index (χ2n) is 4.40. The van der Waals surface area contributed by atoms with Crippen LogP contribution in [0.3, 0.4) is 0 Å². The summed E-state index contributed by atoms with van der Waals surface area (Å²) in [5, 5.41) is 0.194. The molecule has 0 unspecified atom stereocenters. The predicted octanol–water partition coefficient (Wildman–Crippen LogP) is 2.94. The lowest BCUT2D eigenvalue weighted by atomic mass is 10.1. The van der Waals surface area contributed by atoms with Crippen LogP contribution in [0.1, 0.15) is 21.5 Å². The lowest BCUT2D eigenvalue weighted by Gasteiger charge is -2.05. The molecule has 0 aliphatic carbocycles. The Kier molecular flexibility index (Phi) is 5.45. The second-order valence-corrected chi connectivity index (χ2v) is 4.78. The second kappa shape index (κ2) is 7.52. The number of esters is 1. The van der Waals surface area contributed by atoms with Gasteiger partial charge in [-0.1, -0.05) is 23.4 Å². The van der Waals surface area contributed by atoms with Crippen molar-refractivity contribution in [2.24, 2.45) is 0 Å². The fraction of sp³-hybridized carbons (Fsp3) is 0.176. The number of carbonyl (C=O) groups is 1. The van der Waals surface area contributed by atoms with Crippen LogP contribution in [0.25, 0.3) is 0 Å². The number of halogens is 1. The molecular formula is C17H14ClNO4. The van der Waals surface area contributed by atoms with E-state index in [0.29, 0.717) is 22.6 Å². The first-order chi connectivity index (χ1) is 11.1. The molecule has 0 fully saturated rings. The van der Waals surface area contributed by atoms with Crippen molar-refractivity contribution in [3.63, 3.8) is 0 Å². The quantitative estimate of drug-likeness (QED) is 0.491. The monoisotopic (exact) mass is 331 g/mol.